The number of aryl methyl sites for hydroxylation is 2. The molecule has 1 amide bonds. The van der Waals surface area contributed by atoms with Crippen molar-refractivity contribution in [2.24, 2.45) is 5.73 Å². The number of hydrogen-bond acceptors (Lipinski definition) is 4. The molecule has 1 aliphatic carbocycles. The van der Waals surface area contributed by atoms with Crippen LogP contribution in [0.4, 0.5) is 5.69 Å². The van der Waals surface area contributed by atoms with E-state index in [1.165, 1.54) is 11.1 Å². The van der Waals surface area contributed by atoms with Gasteiger partial charge in [0.15, 0.2) is 11.5 Å². The van der Waals surface area contributed by atoms with E-state index in [1.54, 1.807) is 6.92 Å². The van der Waals surface area contributed by atoms with Gasteiger partial charge in [0.05, 0.1) is 0 Å². The number of benzene rings is 1. The van der Waals surface area contributed by atoms with Crippen LogP contribution in [0.3, 0.4) is 0 Å². The van der Waals surface area contributed by atoms with E-state index < -0.39 is 0 Å². The van der Waals surface area contributed by atoms with Gasteiger partial charge in [0.25, 0.3) is 5.91 Å². The SMILES string of the molecule is Cc1onc(C(=O)Nc2ccc3c(c2)CC[C@H](N)C3)c1Cl. The summed E-state index contributed by atoms with van der Waals surface area (Å²) in [5.74, 6) is 0.0607. The number of hydrogen-bond donors (Lipinski definition) is 2. The first-order valence-electron chi connectivity index (χ1n) is 6.85. The number of carbonyl (C=O) groups excluding carboxylic acids is 1. The number of fused-ring (bicyclic) bond motifs is 1. The van der Waals surface area contributed by atoms with Crippen molar-refractivity contribution in [3.63, 3.8) is 0 Å². The highest BCUT2D eigenvalue weighted by atomic mass is 35.5. The molecule has 0 spiro atoms. The molecule has 3 N–H and O–H groups in total. The second-order valence-corrected chi connectivity index (χ2v) is 5.72. The summed E-state index contributed by atoms with van der Waals surface area (Å²) in [6.07, 6.45) is 2.79. The minimum atomic E-state index is -0.371. The summed E-state index contributed by atoms with van der Waals surface area (Å²) in [7, 11) is 0. The maximum Gasteiger partial charge on any atom is 0.279 e. The second-order valence-electron chi connectivity index (χ2n) is 5.34. The Bertz CT molecular complexity index is 696. The predicted molar refractivity (Wildman–Crippen MR) is 80.6 cm³/mol. The zero-order valence-electron chi connectivity index (χ0n) is 11.6. The van der Waals surface area contributed by atoms with Gasteiger partial charge in [-0.05, 0) is 49.4 Å². The Morgan fingerprint density at radius 1 is 1.48 bits per heavy atom. The summed E-state index contributed by atoms with van der Waals surface area (Å²) in [5, 5.41) is 6.72. The molecule has 1 aliphatic rings. The van der Waals surface area contributed by atoms with Crippen molar-refractivity contribution >= 4 is 23.2 Å². The van der Waals surface area contributed by atoms with E-state index in [4.69, 9.17) is 21.9 Å². The molecule has 5 nitrogen and oxygen atoms in total. The van der Waals surface area contributed by atoms with E-state index in [0.717, 1.165) is 24.9 Å². The van der Waals surface area contributed by atoms with Gasteiger partial charge in [0.2, 0.25) is 0 Å². The Hall–Kier alpha value is -1.85. The summed E-state index contributed by atoms with van der Waals surface area (Å²) in [6.45, 7) is 1.66. The Morgan fingerprint density at radius 3 is 3.00 bits per heavy atom. The van der Waals surface area contributed by atoms with Gasteiger partial charge in [-0.1, -0.05) is 22.8 Å². The van der Waals surface area contributed by atoms with Gasteiger partial charge in [0.1, 0.15) is 5.02 Å². The normalized spacial score (nSPS) is 17.4. The van der Waals surface area contributed by atoms with Gasteiger partial charge in [0, 0.05) is 11.7 Å². The van der Waals surface area contributed by atoms with E-state index in [0.29, 0.717) is 5.76 Å². The van der Waals surface area contributed by atoms with Crippen LogP contribution in [0.5, 0.6) is 0 Å². The maximum absolute atomic E-state index is 12.1. The van der Waals surface area contributed by atoms with E-state index in [-0.39, 0.29) is 22.7 Å². The van der Waals surface area contributed by atoms with Crippen molar-refractivity contribution in [1.82, 2.24) is 5.16 Å². The van der Waals surface area contributed by atoms with Gasteiger partial charge in [-0.2, -0.15) is 0 Å². The van der Waals surface area contributed by atoms with Crippen molar-refractivity contribution in [3.05, 3.63) is 45.8 Å². The number of carbonyl (C=O) groups is 1. The largest absolute Gasteiger partial charge is 0.359 e. The minimum Gasteiger partial charge on any atom is -0.359 e. The molecule has 0 saturated carbocycles. The lowest BCUT2D eigenvalue weighted by molar-refractivity contribution is 0.101. The number of halogens is 1. The van der Waals surface area contributed by atoms with Crippen LogP contribution in [-0.4, -0.2) is 17.1 Å². The highest BCUT2D eigenvalue weighted by Gasteiger charge is 2.20. The number of nitrogens with two attached hydrogens (primary N) is 1. The third-order valence-electron chi connectivity index (χ3n) is 3.74. The first kappa shape index (κ1) is 14.1. The van der Waals surface area contributed by atoms with Crippen molar-refractivity contribution in [3.8, 4) is 0 Å². The second kappa shape index (κ2) is 5.50. The number of aromatic nitrogens is 1. The summed E-state index contributed by atoms with van der Waals surface area (Å²) in [5.41, 5.74) is 9.28. The first-order chi connectivity index (χ1) is 10.0. The van der Waals surface area contributed by atoms with Gasteiger partial charge >= 0.3 is 0 Å². The molecule has 0 fully saturated rings. The molecular weight excluding hydrogens is 290 g/mol. The molecule has 110 valence electrons. The number of anilines is 1. The molecule has 1 heterocycles. The van der Waals surface area contributed by atoms with Crippen LogP contribution in [0.15, 0.2) is 22.7 Å². The number of amides is 1. The quantitative estimate of drug-likeness (QED) is 0.894. The molecule has 3 rings (SSSR count). The molecule has 2 aromatic rings. The summed E-state index contributed by atoms with van der Waals surface area (Å²) < 4.78 is 4.90. The zero-order chi connectivity index (χ0) is 15.0. The van der Waals surface area contributed by atoms with E-state index in [9.17, 15) is 4.79 Å². The highest BCUT2D eigenvalue weighted by molar-refractivity contribution is 6.34. The fourth-order valence-corrected chi connectivity index (χ4v) is 2.71. The molecular formula is C15H16ClN3O2. The zero-order valence-corrected chi connectivity index (χ0v) is 12.4. The Balaban J connectivity index is 1.79. The van der Waals surface area contributed by atoms with E-state index in [1.807, 2.05) is 18.2 Å². The smallest absolute Gasteiger partial charge is 0.279 e. The highest BCUT2D eigenvalue weighted by Crippen LogP contribution is 2.25. The molecule has 0 unspecified atom stereocenters. The Kier molecular flexibility index (Phi) is 3.69. The van der Waals surface area contributed by atoms with Crippen LogP contribution < -0.4 is 11.1 Å². The molecule has 0 radical (unpaired) electrons. The maximum atomic E-state index is 12.1. The molecule has 21 heavy (non-hydrogen) atoms. The lowest BCUT2D eigenvalue weighted by Gasteiger charge is -2.21. The van der Waals surface area contributed by atoms with Crippen LogP contribution >= 0.6 is 11.6 Å². The standard InChI is InChI=1S/C15H16ClN3O2/c1-8-13(16)14(19-21-8)15(20)18-12-5-3-9-6-11(17)4-2-10(9)7-12/h3,5,7,11H,2,4,6,17H2,1H3,(H,18,20)/t11-/m0/s1. The van der Waals surface area contributed by atoms with Crippen LogP contribution in [0.1, 0.15) is 33.8 Å². The fourth-order valence-electron chi connectivity index (χ4n) is 2.55. The van der Waals surface area contributed by atoms with Crippen LogP contribution in [0.2, 0.25) is 5.02 Å². The number of rotatable bonds is 2. The van der Waals surface area contributed by atoms with Crippen molar-refractivity contribution in [2.75, 3.05) is 5.32 Å². The fraction of sp³-hybridized carbons (Fsp3) is 0.333. The third-order valence-corrected chi connectivity index (χ3v) is 4.18. The van der Waals surface area contributed by atoms with E-state index >= 15 is 0 Å². The summed E-state index contributed by atoms with van der Waals surface area (Å²) in [6, 6.07) is 6.10. The van der Waals surface area contributed by atoms with Crippen LogP contribution in [0.25, 0.3) is 0 Å². The lowest BCUT2D eigenvalue weighted by Crippen LogP contribution is -2.27. The van der Waals surface area contributed by atoms with Gasteiger partial charge < -0.3 is 15.6 Å². The molecule has 0 saturated heterocycles. The minimum absolute atomic E-state index is 0.105. The van der Waals surface area contributed by atoms with Crippen molar-refractivity contribution < 1.29 is 9.32 Å². The average Bonchev–Trinajstić information content (AvgIpc) is 2.79. The number of nitrogens with one attached hydrogen (secondary N) is 1. The van der Waals surface area contributed by atoms with Gasteiger partial charge in [-0.25, -0.2) is 0 Å². The molecule has 1 atom stereocenters. The summed E-state index contributed by atoms with van der Waals surface area (Å²) >= 11 is 5.97. The molecule has 1 aromatic carbocycles. The predicted octanol–water partition coefficient (Wildman–Crippen LogP) is 2.70. The van der Waals surface area contributed by atoms with Crippen LogP contribution in [-0.2, 0) is 12.8 Å². The topological polar surface area (TPSA) is 81.2 Å². The Morgan fingerprint density at radius 2 is 2.29 bits per heavy atom. The first-order valence-corrected chi connectivity index (χ1v) is 7.23. The Labute approximate surface area is 127 Å². The van der Waals surface area contributed by atoms with Crippen molar-refractivity contribution in [1.29, 1.82) is 0 Å². The lowest BCUT2D eigenvalue weighted by atomic mass is 9.88. The van der Waals surface area contributed by atoms with Crippen molar-refractivity contribution in [2.45, 2.75) is 32.2 Å². The molecule has 0 bridgehead atoms. The third kappa shape index (κ3) is 2.80. The molecule has 6 heteroatoms. The number of nitrogens with zero attached hydrogens (tertiary/aromatic N) is 1. The van der Waals surface area contributed by atoms with Crippen LogP contribution in [0, 0.1) is 6.92 Å². The van der Waals surface area contributed by atoms with E-state index in [2.05, 4.69) is 10.5 Å². The summed E-state index contributed by atoms with van der Waals surface area (Å²) in [4.78, 5) is 12.1. The molecule has 1 aromatic heterocycles. The molecule has 0 aliphatic heterocycles. The van der Waals surface area contributed by atoms with Gasteiger partial charge in [-0.3, -0.25) is 4.79 Å². The average molecular weight is 306 g/mol. The monoisotopic (exact) mass is 305 g/mol. The van der Waals surface area contributed by atoms with Gasteiger partial charge in [-0.15, -0.1) is 0 Å².